The Bertz CT molecular complexity index is 907. The van der Waals surface area contributed by atoms with Gasteiger partial charge < -0.3 is 9.73 Å². The SMILES string of the molecule is Cc1ccc(-c2nc(C#N)c(NCC3CC3c3ccccc3)o2)cc1. The third-order valence-electron chi connectivity index (χ3n) is 4.71. The van der Waals surface area contributed by atoms with Crippen LogP contribution < -0.4 is 5.32 Å². The minimum Gasteiger partial charge on any atom is -0.419 e. The number of anilines is 1. The van der Waals surface area contributed by atoms with E-state index >= 15 is 0 Å². The van der Waals surface area contributed by atoms with Crippen LogP contribution in [0.5, 0.6) is 0 Å². The molecule has 1 saturated carbocycles. The van der Waals surface area contributed by atoms with Crippen molar-refractivity contribution in [1.82, 2.24) is 4.98 Å². The number of aryl methyl sites for hydroxylation is 1. The summed E-state index contributed by atoms with van der Waals surface area (Å²) in [4.78, 5) is 4.31. The molecule has 0 bridgehead atoms. The van der Waals surface area contributed by atoms with Gasteiger partial charge in [0, 0.05) is 12.1 Å². The van der Waals surface area contributed by atoms with Crippen LogP contribution in [0.2, 0.25) is 0 Å². The van der Waals surface area contributed by atoms with Crippen LogP contribution in [0.1, 0.15) is 29.2 Å². The van der Waals surface area contributed by atoms with E-state index in [4.69, 9.17) is 4.42 Å². The maximum absolute atomic E-state index is 9.32. The van der Waals surface area contributed by atoms with E-state index in [1.807, 2.05) is 37.3 Å². The number of rotatable bonds is 5. The van der Waals surface area contributed by atoms with Crippen LogP contribution in [0.15, 0.2) is 59.0 Å². The van der Waals surface area contributed by atoms with Crippen molar-refractivity contribution in [3.05, 3.63) is 71.4 Å². The predicted octanol–water partition coefficient (Wildman–Crippen LogP) is 4.74. The molecular formula is C21H19N3O. The van der Waals surface area contributed by atoms with Gasteiger partial charge in [-0.05, 0) is 42.9 Å². The summed E-state index contributed by atoms with van der Waals surface area (Å²) in [5, 5.41) is 12.6. The van der Waals surface area contributed by atoms with Crippen molar-refractivity contribution in [2.45, 2.75) is 19.3 Å². The summed E-state index contributed by atoms with van der Waals surface area (Å²) < 4.78 is 5.81. The Hall–Kier alpha value is -3.06. The Morgan fingerprint density at radius 1 is 1.16 bits per heavy atom. The fourth-order valence-electron chi connectivity index (χ4n) is 3.14. The van der Waals surface area contributed by atoms with Crippen molar-refractivity contribution in [2.75, 3.05) is 11.9 Å². The number of benzene rings is 2. The van der Waals surface area contributed by atoms with Crippen molar-refractivity contribution in [2.24, 2.45) is 5.92 Å². The molecule has 1 N–H and O–H groups in total. The van der Waals surface area contributed by atoms with Crippen LogP contribution >= 0.6 is 0 Å². The van der Waals surface area contributed by atoms with Crippen molar-refractivity contribution in [3.8, 4) is 17.5 Å². The molecule has 1 heterocycles. The van der Waals surface area contributed by atoms with Gasteiger partial charge in [0.1, 0.15) is 6.07 Å². The van der Waals surface area contributed by atoms with Gasteiger partial charge in [0.05, 0.1) is 0 Å². The maximum atomic E-state index is 9.32. The number of aromatic nitrogens is 1. The van der Waals surface area contributed by atoms with Crippen molar-refractivity contribution >= 4 is 5.88 Å². The lowest BCUT2D eigenvalue weighted by Gasteiger charge is -2.03. The summed E-state index contributed by atoms with van der Waals surface area (Å²) in [7, 11) is 0. The second-order valence-electron chi connectivity index (χ2n) is 6.57. The molecule has 3 aromatic rings. The Kier molecular flexibility index (Phi) is 3.99. The molecular weight excluding hydrogens is 310 g/mol. The van der Waals surface area contributed by atoms with E-state index in [0.717, 1.165) is 18.5 Å². The fourth-order valence-corrected chi connectivity index (χ4v) is 3.14. The van der Waals surface area contributed by atoms with Crippen LogP contribution in [0, 0.1) is 24.2 Å². The van der Waals surface area contributed by atoms with E-state index in [-0.39, 0.29) is 0 Å². The van der Waals surface area contributed by atoms with Crippen molar-refractivity contribution in [1.29, 1.82) is 5.26 Å². The minimum absolute atomic E-state index is 0.312. The molecule has 25 heavy (non-hydrogen) atoms. The predicted molar refractivity (Wildman–Crippen MR) is 97.2 cm³/mol. The molecule has 0 radical (unpaired) electrons. The summed E-state index contributed by atoms with van der Waals surface area (Å²) >= 11 is 0. The van der Waals surface area contributed by atoms with Crippen molar-refractivity contribution < 1.29 is 4.42 Å². The third-order valence-corrected chi connectivity index (χ3v) is 4.71. The van der Waals surface area contributed by atoms with E-state index in [1.54, 1.807) is 0 Å². The average molecular weight is 329 g/mol. The molecule has 2 unspecified atom stereocenters. The highest BCUT2D eigenvalue weighted by Crippen LogP contribution is 2.47. The molecule has 4 rings (SSSR count). The van der Waals surface area contributed by atoms with Crippen LogP contribution in [-0.2, 0) is 0 Å². The quantitative estimate of drug-likeness (QED) is 0.734. The molecule has 1 fully saturated rings. The van der Waals surface area contributed by atoms with E-state index in [1.165, 1.54) is 11.1 Å². The largest absolute Gasteiger partial charge is 0.419 e. The molecule has 0 aliphatic heterocycles. The molecule has 1 aliphatic rings. The molecule has 2 aromatic carbocycles. The second kappa shape index (κ2) is 6.45. The molecule has 4 nitrogen and oxygen atoms in total. The summed E-state index contributed by atoms with van der Waals surface area (Å²) in [5.41, 5.74) is 3.75. The van der Waals surface area contributed by atoms with Gasteiger partial charge in [0.25, 0.3) is 0 Å². The van der Waals surface area contributed by atoms with Crippen LogP contribution in [-0.4, -0.2) is 11.5 Å². The monoisotopic (exact) mass is 329 g/mol. The highest BCUT2D eigenvalue weighted by molar-refractivity contribution is 5.59. The van der Waals surface area contributed by atoms with Gasteiger partial charge in [-0.25, -0.2) is 0 Å². The molecule has 2 atom stereocenters. The highest BCUT2D eigenvalue weighted by atomic mass is 16.4. The van der Waals surface area contributed by atoms with Gasteiger partial charge in [-0.1, -0.05) is 48.0 Å². The Balaban J connectivity index is 1.45. The van der Waals surface area contributed by atoms with Gasteiger partial charge in [0.2, 0.25) is 17.5 Å². The Morgan fingerprint density at radius 3 is 2.64 bits per heavy atom. The molecule has 1 aliphatic carbocycles. The lowest BCUT2D eigenvalue weighted by molar-refractivity contribution is 0.582. The normalized spacial score (nSPS) is 18.6. The number of nitriles is 1. The molecule has 4 heteroatoms. The number of oxazole rings is 1. The van der Waals surface area contributed by atoms with Gasteiger partial charge in [-0.15, -0.1) is 0 Å². The average Bonchev–Trinajstić information content (AvgIpc) is 3.32. The van der Waals surface area contributed by atoms with E-state index < -0.39 is 0 Å². The van der Waals surface area contributed by atoms with Crippen molar-refractivity contribution in [3.63, 3.8) is 0 Å². The highest BCUT2D eigenvalue weighted by Gasteiger charge is 2.38. The summed E-state index contributed by atoms with van der Waals surface area (Å²) in [6.45, 7) is 2.82. The number of nitrogens with one attached hydrogen (secondary N) is 1. The Morgan fingerprint density at radius 2 is 1.92 bits per heavy atom. The van der Waals surface area contributed by atoms with E-state index in [9.17, 15) is 5.26 Å². The molecule has 1 aromatic heterocycles. The first-order chi connectivity index (χ1) is 12.2. The van der Waals surface area contributed by atoms with Gasteiger partial charge in [-0.3, -0.25) is 0 Å². The zero-order valence-corrected chi connectivity index (χ0v) is 14.1. The topological polar surface area (TPSA) is 61.9 Å². The van der Waals surface area contributed by atoms with E-state index in [2.05, 4.69) is 40.6 Å². The summed E-state index contributed by atoms with van der Waals surface area (Å²) in [6, 6.07) is 20.6. The summed E-state index contributed by atoms with van der Waals surface area (Å²) in [6.07, 6.45) is 1.16. The summed E-state index contributed by atoms with van der Waals surface area (Å²) in [5.74, 6) is 2.12. The van der Waals surface area contributed by atoms with E-state index in [0.29, 0.717) is 29.3 Å². The molecule has 0 spiro atoms. The van der Waals surface area contributed by atoms with Crippen LogP contribution in [0.25, 0.3) is 11.5 Å². The maximum Gasteiger partial charge on any atom is 0.232 e. The fraction of sp³-hybridized carbons (Fsp3) is 0.238. The third kappa shape index (κ3) is 3.27. The number of hydrogen-bond donors (Lipinski definition) is 1. The zero-order chi connectivity index (χ0) is 17.2. The van der Waals surface area contributed by atoms with Crippen LogP contribution in [0.4, 0.5) is 5.88 Å². The number of nitrogens with zero attached hydrogens (tertiary/aromatic N) is 2. The minimum atomic E-state index is 0.312. The second-order valence-corrected chi connectivity index (χ2v) is 6.57. The first-order valence-electron chi connectivity index (χ1n) is 8.51. The standard InChI is InChI=1S/C21H19N3O/c1-14-7-9-16(10-8-14)20-24-19(12-22)21(25-20)23-13-17-11-18(17)15-5-3-2-4-6-15/h2-10,17-18,23H,11,13H2,1H3. The molecule has 124 valence electrons. The Labute approximate surface area is 147 Å². The van der Waals surface area contributed by atoms with Gasteiger partial charge >= 0.3 is 0 Å². The smallest absolute Gasteiger partial charge is 0.232 e. The van der Waals surface area contributed by atoms with Gasteiger partial charge in [0.15, 0.2) is 0 Å². The van der Waals surface area contributed by atoms with Crippen LogP contribution in [0.3, 0.4) is 0 Å². The lowest BCUT2D eigenvalue weighted by atomic mass is 10.1. The van der Waals surface area contributed by atoms with Gasteiger partial charge in [-0.2, -0.15) is 10.2 Å². The first-order valence-corrected chi connectivity index (χ1v) is 8.51. The number of hydrogen-bond acceptors (Lipinski definition) is 4. The molecule has 0 amide bonds. The first kappa shape index (κ1) is 15.5. The molecule has 0 saturated heterocycles. The lowest BCUT2D eigenvalue weighted by Crippen LogP contribution is -2.05. The zero-order valence-electron chi connectivity index (χ0n) is 14.1.